The maximum Gasteiger partial charge on any atom is 0.323 e. The third kappa shape index (κ3) is 2.62. The normalized spacial score (nSPS) is 15.4. The van der Waals surface area contributed by atoms with Crippen LogP contribution in [0.4, 0.5) is 0 Å². The lowest BCUT2D eigenvalue weighted by molar-refractivity contribution is -0.137. The Kier molecular flexibility index (Phi) is 2.69. The summed E-state index contributed by atoms with van der Waals surface area (Å²) in [6.07, 6.45) is 4.80. The molecule has 1 aliphatic rings. The lowest BCUT2D eigenvalue weighted by Gasteiger charge is -2.20. The van der Waals surface area contributed by atoms with Gasteiger partial charge in [0.25, 0.3) is 0 Å². The Hall–Kier alpha value is -1.78. The van der Waals surface area contributed by atoms with E-state index in [-0.39, 0.29) is 13.1 Å². The summed E-state index contributed by atoms with van der Waals surface area (Å²) in [7, 11) is 0. The van der Waals surface area contributed by atoms with Crippen LogP contribution in [0, 0.1) is 0 Å². The summed E-state index contributed by atoms with van der Waals surface area (Å²) < 4.78 is 0. The average Bonchev–Trinajstić information content (AvgIpc) is 2.03. The van der Waals surface area contributed by atoms with Gasteiger partial charge in [0.2, 0.25) is 5.91 Å². The second-order valence-electron chi connectivity index (χ2n) is 2.70. The maximum absolute atomic E-state index is 10.7. The van der Waals surface area contributed by atoms with E-state index in [1.165, 1.54) is 4.90 Å². The van der Waals surface area contributed by atoms with Crippen LogP contribution in [0.2, 0.25) is 0 Å². The second kappa shape index (κ2) is 3.75. The number of carboxylic acids is 1. The van der Waals surface area contributed by atoms with Crippen molar-refractivity contribution < 1.29 is 14.7 Å². The lowest BCUT2D eigenvalue weighted by Crippen LogP contribution is -2.32. The van der Waals surface area contributed by atoms with Crippen molar-refractivity contribution in [2.45, 2.75) is 0 Å². The molecule has 70 valence electrons. The van der Waals surface area contributed by atoms with Gasteiger partial charge in [-0.25, -0.2) is 0 Å². The molecule has 0 aromatic carbocycles. The zero-order chi connectivity index (χ0) is 9.84. The molecule has 0 saturated heterocycles. The first-order chi connectivity index (χ1) is 6.09. The molecule has 0 aliphatic carbocycles. The molecule has 0 aromatic heterocycles. The van der Waals surface area contributed by atoms with Gasteiger partial charge in [0.1, 0.15) is 6.54 Å². The van der Waals surface area contributed by atoms with E-state index in [1.54, 1.807) is 18.4 Å². The number of carboxylic acid groups (broad SMARTS) is 1. The van der Waals surface area contributed by atoms with Crippen LogP contribution in [0.15, 0.2) is 23.9 Å². The standard InChI is InChI=1S/C8H10N2O3/c9-8(13)6-2-1-3-10(4-6)5-7(11)12/h1-3H,4-5H2,(H2,9,13)(H,11,12). The summed E-state index contributed by atoms with van der Waals surface area (Å²) in [5.41, 5.74) is 5.47. The van der Waals surface area contributed by atoms with Gasteiger partial charge in [-0.3, -0.25) is 9.59 Å². The van der Waals surface area contributed by atoms with Gasteiger partial charge in [-0.05, 0) is 6.08 Å². The Balaban J connectivity index is 2.59. The van der Waals surface area contributed by atoms with E-state index in [9.17, 15) is 9.59 Å². The highest BCUT2D eigenvalue weighted by molar-refractivity contribution is 5.93. The molecule has 1 heterocycles. The molecule has 13 heavy (non-hydrogen) atoms. The topological polar surface area (TPSA) is 83.6 Å². The number of nitrogens with two attached hydrogens (primary N) is 1. The highest BCUT2D eigenvalue weighted by Crippen LogP contribution is 2.05. The van der Waals surface area contributed by atoms with Crippen LogP contribution in [0.25, 0.3) is 0 Å². The summed E-state index contributed by atoms with van der Waals surface area (Å²) in [5.74, 6) is -1.45. The molecule has 5 heteroatoms. The number of primary amides is 1. The highest BCUT2D eigenvalue weighted by atomic mass is 16.4. The Labute approximate surface area is 75.1 Å². The van der Waals surface area contributed by atoms with Crippen LogP contribution in [0.1, 0.15) is 0 Å². The van der Waals surface area contributed by atoms with Gasteiger partial charge in [0, 0.05) is 18.3 Å². The molecule has 0 bridgehead atoms. The van der Waals surface area contributed by atoms with Crippen LogP contribution < -0.4 is 5.73 Å². The molecule has 1 rings (SSSR count). The quantitative estimate of drug-likeness (QED) is 0.605. The van der Waals surface area contributed by atoms with Gasteiger partial charge in [0.05, 0.1) is 0 Å². The van der Waals surface area contributed by atoms with Gasteiger partial charge in [-0.1, -0.05) is 6.08 Å². The Morgan fingerprint density at radius 2 is 2.31 bits per heavy atom. The zero-order valence-electron chi connectivity index (χ0n) is 6.93. The monoisotopic (exact) mass is 182 g/mol. The summed E-state index contributed by atoms with van der Waals surface area (Å²) in [4.78, 5) is 22.6. The van der Waals surface area contributed by atoms with Gasteiger partial charge in [-0.2, -0.15) is 0 Å². The van der Waals surface area contributed by atoms with Crippen molar-refractivity contribution in [3.8, 4) is 0 Å². The van der Waals surface area contributed by atoms with Crippen molar-refractivity contribution in [3.63, 3.8) is 0 Å². The number of aliphatic carboxylic acids is 1. The van der Waals surface area contributed by atoms with E-state index in [0.717, 1.165) is 0 Å². The first-order valence-corrected chi connectivity index (χ1v) is 3.72. The van der Waals surface area contributed by atoms with Gasteiger partial charge >= 0.3 is 5.97 Å². The van der Waals surface area contributed by atoms with Crippen molar-refractivity contribution in [2.75, 3.05) is 13.1 Å². The largest absolute Gasteiger partial charge is 0.480 e. The predicted molar refractivity (Wildman–Crippen MR) is 45.6 cm³/mol. The number of carbonyl (C=O) groups excluding carboxylic acids is 1. The molecule has 0 unspecified atom stereocenters. The number of rotatable bonds is 3. The molecule has 1 amide bonds. The summed E-state index contributed by atoms with van der Waals surface area (Å²) in [6.45, 7) is 0.138. The van der Waals surface area contributed by atoms with E-state index in [4.69, 9.17) is 10.8 Å². The fraction of sp³-hybridized carbons (Fsp3) is 0.250. The van der Waals surface area contributed by atoms with Crippen LogP contribution in [0.3, 0.4) is 0 Å². The van der Waals surface area contributed by atoms with E-state index in [0.29, 0.717) is 5.57 Å². The molecule has 0 aromatic rings. The van der Waals surface area contributed by atoms with Crippen molar-refractivity contribution in [2.24, 2.45) is 5.73 Å². The van der Waals surface area contributed by atoms with E-state index in [2.05, 4.69) is 0 Å². The van der Waals surface area contributed by atoms with Crippen LogP contribution in [-0.2, 0) is 9.59 Å². The number of hydrogen-bond donors (Lipinski definition) is 2. The number of carbonyl (C=O) groups is 2. The van der Waals surface area contributed by atoms with Crippen molar-refractivity contribution in [3.05, 3.63) is 23.9 Å². The number of hydrogen-bond acceptors (Lipinski definition) is 3. The van der Waals surface area contributed by atoms with Crippen LogP contribution in [0.5, 0.6) is 0 Å². The first kappa shape index (κ1) is 9.31. The third-order valence-electron chi connectivity index (χ3n) is 1.62. The smallest absolute Gasteiger partial charge is 0.323 e. The summed E-state index contributed by atoms with van der Waals surface area (Å²) in [5, 5.41) is 8.48. The van der Waals surface area contributed by atoms with E-state index < -0.39 is 11.9 Å². The average molecular weight is 182 g/mol. The minimum Gasteiger partial charge on any atom is -0.480 e. The SMILES string of the molecule is NC(=O)C1=CC=CN(CC(=O)O)C1. The summed E-state index contributed by atoms with van der Waals surface area (Å²) >= 11 is 0. The molecule has 3 N–H and O–H groups in total. The second-order valence-corrected chi connectivity index (χ2v) is 2.70. The molecular formula is C8H10N2O3. The van der Waals surface area contributed by atoms with Crippen molar-refractivity contribution in [1.29, 1.82) is 0 Å². The predicted octanol–water partition coefficient (Wildman–Crippen LogP) is -0.688. The minimum atomic E-state index is -0.935. The number of allylic oxidation sites excluding steroid dienone is 2. The maximum atomic E-state index is 10.7. The molecule has 0 atom stereocenters. The lowest BCUT2D eigenvalue weighted by atomic mass is 10.2. The number of nitrogens with zero attached hydrogens (tertiary/aromatic N) is 1. The van der Waals surface area contributed by atoms with Gasteiger partial charge < -0.3 is 15.7 Å². The zero-order valence-corrected chi connectivity index (χ0v) is 6.93. The summed E-state index contributed by atoms with van der Waals surface area (Å²) in [6, 6.07) is 0. The molecule has 0 fully saturated rings. The Morgan fingerprint density at radius 3 is 2.85 bits per heavy atom. The van der Waals surface area contributed by atoms with Gasteiger partial charge in [-0.15, -0.1) is 0 Å². The van der Waals surface area contributed by atoms with Crippen LogP contribution in [-0.4, -0.2) is 35.0 Å². The number of amides is 1. The third-order valence-corrected chi connectivity index (χ3v) is 1.62. The molecular weight excluding hydrogens is 172 g/mol. The van der Waals surface area contributed by atoms with Crippen molar-refractivity contribution >= 4 is 11.9 Å². The molecule has 1 aliphatic heterocycles. The molecule has 5 nitrogen and oxygen atoms in total. The van der Waals surface area contributed by atoms with Crippen LogP contribution >= 0.6 is 0 Å². The highest BCUT2D eigenvalue weighted by Gasteiger charge is 2.13. The Morgan fingerprint density at radius 1 is 1.62 bits per heavy atom. The van der Waals surface area contributed by atoms with Gasteiger partial charge in [0.15, 0.2) is 0 Å². The van der Waals surface area contributed by atoms with E-state index in [1.807, 2.05) is 0 Å². The van der Waals surface area contributed by atoms with Crippen molar-refractivity contribution in [1.82, 2.24) is 4.90 Å². The molecule has 0 spiro atoms. The molecule has 0 radical (unpaired) electrons. The molecule has 0 saturated carbocycles. The fourth-order valence-electron chi connectivity index (χ4n) is 1.05. The fourth-order valence-corrected chi connectivity index (χ4v) is 1.05. The first-order valence-electron chi connectivity index (χ1n) is 3.72. The Bertz CT molecular complexity index is 294. The van der Waals surface area contributed by atoms with E-state index >= 15 is 0 Å². The minimum absolute atomic E-state index is 0.124.